The Morgan fingerprint density at radius 1 is 1.04 bits per heavy atom. The van der Waals surface area contributed by atoms with Gasteiger partial charge in [0.1, 0.15) is 11.6 Å². The predicted octanol–water partition coefficient (Wildman–Crippen LogP) is 3.32. The van der Waals surface area contributed by atoms with E-state index < -0.39 is 11.5 Å². The number of benzene rings is 2. The van der Waals surface area contributed by atoms with Crippen molar-refractivity contribution in [3.05, 3.63) is 59.9 Å². The third-order valence-electron chi connectivity index (χ3n) is 3.55. The highest BCUT2D eigenvalue weighted by Gasteiger charge is 2.31. The van der Waals surface area contributed by atoms with Crippen molar-refractivity contribution >= 4 is 17.5 Å². The van der Waals surface area contributed by atoms with Gasteiger partial charge in [-0.1, -0.05) is 12.1 Å². The summed E-state index contributed by atoms with van der Waals surface area (Å²) in [7, 11) is 3.28. The number of hydrogen-bond donors (Lipinski definition) is 1. The number of carbonyl (C=O) groups excluding carboxylic acids is 2. The molecule has 0 fully saturated rings. The summed E-state index contributed by atoms with van der Waals surface area (Å²) in [5, 5.41) is 2.73. The Morgan fingerprint density at radius 3 is 2.24 bits per heavy atom. The molecule has 6 heteroatoms. The number of amides is 2. The van der Waals surface area contributed by atoms with Crippen LogP contribution in [-0.4, -0.2) is 36.4 Å². The molecular formula is C19H21FN2O3. The van der Waals surface area contributed by atoms with Crippen LogP contribution in [0.3, 0.4) is 0 Å². The first-order valence-corrected chi connectivity index (χ1v) is 7.77. The molecule has 1 N–H and O–H groups in total. The fraction of sp³-hybridized carbons (Fsp3) is 0.263. The molecule has 0 saturated heterocycles. The van der Waals surface area contributed by atoms with Crippen LogP contribution in [-0.2, 0) is 4.79 Å². The number of halogens is 1. The highest BCUT2D eigenvalue weighted by molar-refractivity contribution is 6.05. The van der Waals surface area contributed by atoms with E-state index in [1.54, 1.807) is 52.2 Å². The van der Waals surface area contributed by atoms with E-state index in [4.69, 9.17) is 4.74 Å². The zero-order valence-electron chi connectivity index (χ0n) is 14.7. The van der Waals surface area contributed by atoms with Crippen molar-refractivity contribution in [3.63, 3.8) is 0 Å². The average Bonchev–Trinajstić information content (AvgIpc) is 2.56. The van der Waals surface area contributed by atoms with Crippen molar-refractivity contribution in [3.8, 4) is 5.75 Å². The van der Waals surface area contributed by atoms with Crippen LogP contribution in [0.25, 0.3) is 0 Å². The number of hydrogen-bond acceptors (Lipinski definition) is 3. The fourth-order valence-corrected chi connectivity index (χ4v) is 2.14. The Labute approximate surface area is 146 Å². The SMILES string of the molecule is CN(C)C(=O)c1ccccc1NC(=O)C(C)(C)Oc1ccc(F)cc1. The van der Waals surface area contributed by atoms with Gasteiger partial charge in [0.05, 0.1) is 11.3 Å². The summed E-state index contributed by atoms with van der Waals surface area (Å²) >= 11 is 0. The van der Waals surface area contributed by atoms with Gasteiger partial charge in [-0.15, -0.1) is 0 Å². The Balaban J connectivity index is 2.18. The van der Waals surface area contributed by atoms with Crippen LogP contribution >= 0.6 is 0 Å². The van der Waals surface area contributed by atoms with Crippen LogP contribution in [0.4, 0.5) is 10.1 Å². The van der Waals surface area contributed by atoms with Gasteiger partial charge >= 0.3 is 0 Å². The van der Waals surface area contributed by atoms with Crippen molar-refractivity contribution in [1.29, 1.82) is 0 Å². The molecule has 0 aliphatic heterocycles. The zero-order valence-corrected chi connectivity index (χ0v) is 14.7. The number of para-hydroxylation sites is 1. The van der Waals surface area contributed by atoms with E-state index in [2.05, 4.69) is 5.32 Å². The van der Waals surface area contributed by atoms with Crippen LogP contribution in [0, 0.1) is 5.82 Å². The Kier molecular flexibility index (Phi) is 5.41. The van der Waals surface area contributed by atoms with Crippen molar-refractivity contribution in [2.45, 2.75) is 19.4 Å². The average molecular weight is 344 g/mol. The van der Waals surface area contributed by atoms with Gasteiger partial charge < -0.3 is 15.0 Å². The highest BCUT2D eigenvalue weighted by Crippen LogP contribution is 2.22. The molecule has 5 nitrogen and oxygen atoms in total. The summed E-state index contributed by atoms with van der Waals surface area (Å²) < 4.78 is 18.6. The second kappa shape index (κ2) is 7.34. The number of ether oxygens (including phenoxy) is 1. The molecule has 0 atom stereocenters. The molecule has 0 bridgehead atoms. The van der Waals surface area contributed by atoms with E-state index in [0.717, 1.165) is 0 Å². The van der Waals surface area contributed by atoms with Crippen LogP contribution in [0.15, 0.2) is 48.5 Å². The molecule has 25 heavy (non-hydrogen) atoms. The maximum absolute atomic E-state index is 13.0. The first-order valence-electron chi connectivity index (χ1n) is 7.77. The molecule has 0 unspecified atom stereocenters. The minimum absolute atomic E-state index is 0.215. The standard InChI is InChI=1S/C19H21FN2O3/c1-19(2,25-14-11-9-13(20)10-12-14)18(24)21-16-8-6-5-7-15(16)17(23)22(3)4/h5-12H,1-4H3,(H,21,24). The molecule has 0 aliphatic carbocycles. The lowest BCUT2D eigenvalue weighted by atomic mass is 10.1. The van der Waals surface area contributed by atoms with E-state index in [0.29, 0.717) is 17.0 Å². The van der Waals surface area contributed by atoms with E-state index in [1.165, 1.54) is 29.2 Å². The molecule has 2 aromatic carbocycles. The molecule has 0 spiro atoms. The largest absolute Gasteiger partial charge is 0.478 e. The molecular weight excluding hydrogens is 323 g/mol. The summed E-state index contributed by atoms with van der Waals surface area (Å²) in [4.78, 5) is 26.3. The predicted molar refractivity (Wildman–Crippen MR) is 94.2 cm³/mol. The smallest absolute Gasteiger partial charge is 0.267 e. The third-order valence-corrected chi connectivity index (χ3v) is 3.55. The topological polar surface area (TPSA) is 58.6 Å². The maximum atomic E-state index is 13.0. The number of nitrogens with zero attached hydrogens (tertiary/aromatic N) is 1. The van der Waals surface area contributed by atoms with Gasteiger partial charge in [-0.3, -0.25) is 9.59 Å². The van der Waals surface area contributed by atoms with Crippen molar-refractivity contribution < 1.29 is 18.7 Å². The van der Waals surface area contributed by atoms with Crippen LogP contribution in [0.1, 0.15) is 24.2 Å². The van der Waals surface area contributed by atoms with Gasteiger partial charge in [-0.25, -0.2) is 4.39 Å². The number of carbonyl (C=O) groups is 2. The lowest BCUT2D eigenvalue weighted by Crippen LogP contribution is -2.43. The summed E-state index contributed by atoms with van der Waals surface area (Å²) in [6.45, 7) is 3.20. The van der Waals surface area contributed by atoms with Crippen LogP contribution < -0.4 is 10.1 Å². The molecule has 2 rings (SSSR count). The molecule has 2 aromatic rings. The van der Waals surface area contributed by atoms with E-state index in [-0.39, 0.29) is 11.7 Å². The van der Waals surface area contributed by atoms with Gasteiger partial charge in [-0.05, 0) is 50.2 Å². The van der Waals surface area contributed by atoms with E-state index in [1.807, 2.05) is 0 Å². The van der Waals surface area contributed by atoms with Crippen molar-refractivity contribution in [2.24, 2.45) is 0 Å². The van der Waals surface area contributed by atoms with Gasteiger partial charge in [0.2, 0.25) is 0 Å². The van der Waals surface area contributed by atoms with Gasteiger partial charge in [0.25, 0.3) is 11.8 Å². The fourth-order valence-electron chi connectivity index (χ4n) is 2.14. The zero-order chi connectivity index (χ0) is 18.6. The minimum Gasteiger partial charge on any atom is -0.478 e. The molecule has 0 radical (unpaired) electrons. The second-order valence-corrected chi connectivity index (χ2v) is 6.27. The highest BCUT2D eigenvalue weighted by atomic mass is 19.1. The lowest BCUT2D eigenvalue weighted by Gasteiger charge is -2.26. The number of nitrogens with one attached hydrogen (secondary N) is 1. The monoisotopic (exact) mass is 344 g/mol. The summed E-state index contributed by atoms with van der Waals surface area (Å²) in [6, 6.07) is 12.2. The Bertz CT molecular complexity index is 770. The molecule has 0 aromatic heterocycles. The maximum Gasteiger partial charge on any atom is 0.267 e. The van der Waals surface area contributed by atoms with Crippen molar-refractivity contribution in [1.82, 2.24) is 4.90 Å². The van der Waals surface area contributed by atoms with E-state index >= 15 is 0 Å². The van der Waals surface area contributed by atoms with Gasteiger partial charge in [0, 0.05) is 14.1 Å². The Hall–Kier alpha value is -2.89. The lowest BCUT2D eigenvalue weighted by molar-refractivity contribution is -0.128. The first kappa shape index (κ1) is 18.4. The summed E-state index contributed by atoms with van der Waals surface area (Å²) in [5.41, 5.74) is -0.424. The molecule has 132 valence electrons. The summed E-state index contributed by atoms with van der Waals surface area (Å²) in [5.74, 6) is -0.645. The second-order valence-electron chi connectivity index (χ2n) is 6.27. The minimum atomic E-state index is -1.22. The number of anilines is 1. The quantitative estimate of drug-likeness (QED) is 0.905. The Morgan fingerprint density at radius 2 is 1.64 bits per heavy atom. The van der Waals surface area contributed by atoms with Crippen LogP contribution in [0.5, 0.6) is 5.75 Å². The molecule has 0 heterocycles. The van der Waals surface area contributed by atoms with E-state index in [9.17, 15) is 14.0 Å². The van der Waals surface area contributed by atoms with Gasteiger partial charge in [-0.2, -0.15) is 0 Å². The molecule has 0 aliphatic rings. The molecule has 2 amide bonds. The first-order chi connectivity index (χ1) is 11.7. The van der Waals surface area contributed by atoms with Crippen molar-refractivity contribution in [2.75, 3.05) is 19.4 Å². The summed E-state index contributed by atoms with van der Waals surface area (Å²) in [6.07, 6.45) is 0. The normalized spacial score (nSPS) is 10.9. The third kappa shape index (κ3) is 4.56. The van der Waals surface area contributed by atoms with Gasteiger partial charge in [0.15, 0.2) is 5.60 Å². The molecule has 0 saturated carbocycles. The number of rotatable bonds is 5. The van der Waals surface area contributed by atoms with Crippen LogP contribution in [0.2, 0.25) is 0 Å².